The molecular weight excluding hydrogens is 542 g/mol. The molecular formula is C31H44ClN5O4. The van der Waals surface area contributed by atoms with Crippen molar-refractivity contribution in [3.63, 3.8) is 0 Å². The number of allylic oxidation sites excluding steroid dienone is 3. The van der Waals surface area contributed by atoms with Gasteiger partial charge < -0.3 is 35.1 Å². The number of amides is 1. The number of rotatable bonds is 11. The molecule has 4 rings (SSSR count). The van der Waals surface area contributed by atoms with Gasteiger partial charge in [-0.15, -0.1) is 11.6 Å². The molecule has 0 saturated carbocycles. The zero-order valence-corrected chi connectivity index (χ0v) is 25.6. The third kappa shape index (κ3) is 7.53. The summed E-state index contributed by atoms with van der Waals surface area (Å²) in [5, 5.41) is 10.5. The second kappa shape index (κ2) is 13.9. The minimum absolute atomic E-state index is 0.0241. The highest BCUT2D eigenvalue weighted by molar-refractivity contribution is 6.18. The van der Waals surface area contributed by atoms with Gasteiger partial charge in [-0.3, -0.25) is 0 Å². The molecule has 0 radical (unpaired) electrons. The molecule has 1 aliphatic heterocycles. The predicted molar refractivity (Wildman–Crippen MR) is 165 cm³/mol. The summed E-state index contributed by atoms with van der Waals surface area (Å²) in [6.45, 7) is 4.93. The van der Waals surface area contributed by atoms with Crippen LogP contribution < -0.4 is 15.4 Å². The first-order valence-electron chi connectivity index (χ1n) is 14.2. The summed E-state index contributed by atoms with van der Waals surface area (Å²) in [6.07, 6.45) is 13.7. The van der Waals surface area contributed by atoms with Crippen LogP contribution in [0.1, 0.15) is 36.0 Å². The van der Waals surface area contributed by atoms with Gasteiger partial charge in [0.25, 0.3) is 0 Å². The number of alkyl halides is 1. The fourth-order valence-corrected chi connectivity index (χ4v) is 5.71. The van der Waals surface area contributed by atoms with Crippen LogP contribution in [0.2, 0.25) is 0 Å². The number of hydrogen-bond acceptors (Lipinski definition) is 8. The maximum absolute atomic E-state index is 13.0. The third-order valence-electron chi connectivity index (χ3n) is 7.81. The summed E-state index contributed by atoms with van der Waals surface area (Å²) >= 11 is 6.54. The molecule has 3 aliphatic rings. The van der Waals surface area contributed by atoms with Gasteiger partial charge >= 0.3 is 6.09 Å². The number of carbonyl (C=O) groups is 1. The van der Waals surface area contributed by atoms with Crippen LogP contribution in [-0.2, 0) is 11.2 Å². The highest BCUT2D eigenvalue weighted by Crippen LogP contribution is 2.47. The quantitative estimate of drug-likeness (QED) is 0.291. The summed E-state index contributed by atoms with van der Waals surface area (Å²) in [6, 6.07) is 1.82. The van der Waals surface area contributed by atoms with E-state index >= 15 is 0 Å². The minimum Gasteiger partial charge on any atom is -0.493 e. The molecule has 0 bridgehead atoms. The van der Waals surface area contributed by atoms with E-state index in [4.69, 9.17) is 26.8 Å². The number of hydrogen-bond donors (Lipinski definition) is 2. The van der Waals surface area contributed by atoms with E-state index in [0.717, 1.165) is 53.7 Å². The van der Waals surface area contributed by atoms with Crippen LogP contribution in [0.5, 0.6) is 5.75 Å². The molecule has 0 saturated heterocycles. The molecule has 41 heavy (non-hydrogen) atoms. The van der Waals surface area contributed by atoms with E-state index in [9.17, 15) is 10.0 Å². The highest BCUT2D eigenvalue weighted by atomic mass is 35.5. The lowest BCUT2D eigenvalue weighted by molar-refractivity contribution is -0.0671. The Kier molecular flexibility index (Phi) is 10.5. The van der Waals surface area contributed by atoms with E-state index in [1.165, 1.54) is 16.0 Å². The van der Waals surface area contributed by atoms with Crippen LogP contribution in [0, 0.1) is 5.92 Å². The van der Waals surface area contributed by atoms with Gasteiger partial charge in [-0.1, -0.05) is 24.3 Å². The van der Waals surface area contributed by atoms with Crippen LogP contribution in [0.15, 0.2) is 47.9 Å². The molecule has 0 spiro atoms. The normalized spacial score (nSPS) is 21.7. The SMILES string of the molecule is CC(=C[C@H]1C=C(OCCN(C)C)C=CC1N)N1C[C@@H](CCl)c2c1cc(OC(=O)N(C)CCN(C)O)c1c2CCC=C1. The molecule has 2 aliphatic carbocycles. The Balaban J connectivity index is 1.64. The molecule has 1 amide bonds. The molecule has 3 N–H and O–H groups in total. The Hall–Kier alpha value is -2.82. The topological polar surface area (TPSA) is 94.7 Å². The Morgan fingerprint density at radius 3 is 2.71 bits per heavy atom. The average Bonchev–Trinajstić information content (AvgIpc) is 3.32. The molecule has 0 aromatic heterocycles. The fourth-order valence-electron chi connectivity index (χ4n) is 5.46. The lowest BCUT2D eigenvalue weighted by Crippen LogP contribution is -2.35. The van der Waals surface area contributed by atoms with E-state index in [2.05, 4.69) is 41.0 Å². The number of likely N-dealkylation sites (N-methyl/N-ethyl adjacent to an activating group) is 3. The van der Waals surface area contributed by atoms with Gasteiger partial charge in [-0.05, 0) is 57.1 Å². The number of nitrogens with two attached hydrogens (primary N) is 1. The number of carbonyl (C=O) groups excluding carboxylic acids is 1. The first-order valence-corrected chi connectivity index (χ1v) is 14.8. The van der Waals surface area contributed by atoms with E-state index in [0.29, 0.717) is 31.3 Å². The van der Waals surface area contributed by atoms with E-state index in [-0.39, 0.29) is 17.9 Å². The van der Waals surface area contributed by atoms with Gasteiger partial charge in [0.1, 0.15) is 18.1 Å². The summed E-state index contributed by atoms with van der Waals surface area (Å²) in [5.74, 6) is 1.99. The molecule has 9 nitrogen and oxygen atoms in total. The van der Waals surface area contributed by atoms with Crippen molar-refractivity contribution in [2.24, 2.45) is 11.7 Å². The van der Waals surface area contributed by atoms with Crippen LogP contribution in [0.4, 0.5) is 10.5 Å². The van der Waals surface area contributed by atoms with E-state index in [1.54, 1.807) is 14.1 Å². The summed E-state index contributed by atoms with van der Waals surface area (Å²) in [7, 11) is 7.26. The Labute approximate surface area is 249 Å². The zero-order valence-electron chi connectivity index (χ0n) is 24.8. The first kappa shape index (κ1) is 31.1. The first-order chi connectivity index (χ1) is 19.6. The number of nitrogens with zero attached hydrogens (tertiary/aromatic N) is 4. The summed E-state index contributed by atoms with van der Waals surface area (Å²) < 4.78 is 11.9. The second-order valence-electron chi connectivity index (χ2n) is 11.3. The lowest BCUT2D eigenvalue weighted by Gasteiger charge is -2.27. The summed E-state index contributed by atoms with van der Waals surface area (Å²) in [5.41, 5.74) is 11.9. The van der Waals surface area contributed by atoms with Gasteiger partial charge in [-0.25, -0.2) is 4.79 Å². The van der Waals surface area contributed by atoms with Crippen LogP contribution >= 0.6 is 11.6 Å². The van der Waals surface area contributed by atoms with Crippen molar-refractivity contribution in [3.05, 3.63) is 64.6 Å². The molecule has 224 valence electrons. The molecule has 3 atom stereocenters. The van der Waals surface area contributed by atoms with Crippen molar-refractivity contribution in [1.29, 1.82) is 0 Å². The summed E-state index contributed by atoms with van der Waals surface area (Å²) in [4.78, 5) is 18.8. The average molecular weight is 586 g/mol. The second-order valence-corrected chi connectivity index (χ2v) is 11.6. The smallest absolute Gasteiger partial charge is 0.415 e. The predicted octanol–water partition coefficient (Wildman–Crippen LogP) is 4.42. The Morgan fingerprint density at radius 1 is 1.22 bits per heavy atom. The molecule has 1 heterocycles. The van der Waals surface area contributed by atoms with Crippen LogP contribution in [-0.4, -0.2) is 99.1 Å². The molecule has 1 aromatic rings. The van der Waals surface area contributed by atoms with Gasteiger partial charge in [0.05, 0.1) is 0 Å². The standard InChI is InChI=1S/C31H44ClN5O4/c1-21(16-22-17-24(10-11-27(22)33)40-15-14-34(2)3)37-20-23(19-32)30-26-9-7-6-8-25(26)29(18-28(30)37)41-31(38)35(4)12-13-36(5)39/h6,8,10-11,16-18,22-23,27,39H,7,9,12-15,19-20,33H2,1-5H3/t22-,23+,27?/m0/s1. The number of ether oxygens (including phenoxy) is 2. The van der Waals surface area contributed by atoms with Gasteiger partial charge in [0.15, 0.2) is 0 Å². The maximum Gasteiger partial charge on any atom is 0.415 e. The van der Waals surface area contributed by atoms with E-state index in [1.807, 2.05) is 32.3 Å². The van der Waals surface area contributed by atoms with Crippen LogP contribution in [0.3, 0.4) is 0 Å². The monoisotopic (exact) mass is 585 g/mol. The largest absolute Gasteiger partial charge is 0.493 e. The van der Waals surface area contributed by atoms with Crippen molar-refractivity contribution < 1.29 is 19.5 Å². The molecule has 10 heteroatoms. The zero-order chi connectivity index (χ0) is 29.7. The van der Waals surface area contributed by atoms with E-state index < -0.39 is 6.09 Å². The fraction of sp³-hybridized carbons (Fsp3) is 0.516. The van der Waals surface area contributed by atoms with Gasteiger partial charge in [-0.2, -0.15) is 5.06 Å². The van der Waals surface area contributed by atoms with Crippen molar-refractivity contribution in [1.82, 2.24) is 14.9 Å². The molecule has 1 unspecified atom stereocenters. The van der Waals surface area contributed by atoms with Crippen molar-refractivity contribution >= 4 is 29.5 Å². The number of anilines is 1. The number of benzene rings is 1. The Morgan fingerprint density at radius 2 is 2.00 bits per heavy atom. The number of hydroxylamine groups is 2. The maximum atomic E-state index is 13.0. The third-order valence-corrected chi connectivity index (χ3v) is 8.18. The van der Waals surface area contributed by atoms with Crippen molar-refractivity contribution in [3.8, 4) is 5.75 Å². The van der Waals surface area contributed by atoms with Crippen LogP contribution in [0.25, 0.3) is 6.08 Å². The van der Waals surface area contributed by atoms with Crippen molar-refractivity contribution in [2.75, 3.05) is 71.8 Å². The van der Waals surface area contributed by atoms with Gasteiger partial charge in [0, 0.05) is 87.0 Å². The molecule has 0 fully saturated rings. The molecule has 1 aromatic carbocycles. The van der Waals surface area contributed by atoms with Gasteiger partial charge in [0.2, 0.25) is 0 Å². The number of fused-ring (bicyclic) bond motifs is 3. The number of halogens is 1. The highest BCUT2D eigenvalue weighted by Gasteiger charge is 2.35. The van der Waals surface area contributed by atoms with Crippen molar-refractivity contribution in [2.45, 2.75) is 31.7 Å². The Bertz CT molecular complexity index is 1230. The minimum atomic E-state index is -0.467. The lowest BCUT2D eigenvalue weighted by atomic mass is 9.87.